The average molecular weight is 272 g/mol. The molecule has 0 saturated carbocycles. The Morgan fingerprint density at radius 2 is 2.36 bits per heavy atom. The van der Waals surface area contributed by atoms with Crippen LogP contribution in [0.15, 0.2) is 27.6 Å². The maximum absolute atomic E-state index is 10.3. The molecule has 1 aromatic rings. The van der Waals surface area contributed by atoms with Gasteiger partial charge in [-0.05, 0) is 34.1 Å². The van der Waals surface area contributed by atoms with Crippen molar-refractivity contribution in [1.82, 2.24) is 0 Å². The molecule has 0 aliphatic heterocycles. The summed E-state index contributed by atoms with van der Waals surface area (Å²) in [6, 6.07) is 7.07. The molecule has 0 atom stereocenters. The smallest absolute Gasteiger partial charge is 0.313 e. The lowest BCUT2D eigenvalue weighted by atomic mass is 10.2. The van der Waals surface area contributed by atoms with Crippen molar-refractivity contribution in [3.8, 4) is 6.07 Å². The van der Waals surface area contributed by atoms with Crippen molar-refractivity contribution in [1.29, 1.82) is 5.26 Å². The molecular formula is C9H6BrNO2S. The molecule has 1 N–H and O–H groups in total. The highest BCUT2D eigenvalue weighted by molar-refractivity contribution is 9.10. The first kappa shape index (κ1) is 11.1. The third-order valence-corrected chi connectivity index (χ3v) is 3.39. The number of nitriles is 1. The maximum atomic E-state index is 10.3. The Bertz CT molecular complexity index is 400. The van der Waals surface area contributed by atoms with Gasteiger partial charge in [0.05, 0.1) is 17.4 Å². The summed E-state index contributed by atoms with van der Waals surface area (Å²) in [5.41, 5.74) is 0.552. The number of rotatable bonds is 3. The van der Waals surface area contributed by atoms with E-state index in [1.54, 1.807) is 18.2 Å². The van der Waals surface area contributed by atoms with Crippen LogP contribution in [0, 0.1) is 11.3 Å². The van der Waals surface area contributed by atoms with E-state index in [4.69, 9.17) is 10.4 Å². The molecule has 72 valence electrons. The van der Waals surface area contributed by atoms with E-state index in [-0.39, 0.29) is 5.75 Å². The largest absolute Gasteiger partial charge is 0.481 e. The molecule has 0 spiro atoms. The number of hydrogen-bond acceptors (Lipinski definition) is 3. The number of nitrogens with zero attached hydrogens (tertiary/aromatic N) is 1. The van der Waals surface area contributed by atoms with Crippen LogP contribution in [0.4, 0.5) is 0 Å². The van der Waals surface area contributed by atoms with Crippen LogP contribution in [-0.4, -0.2) is 16.8 Å². The lowest BCUT2D eigenvalue weighted by Gasteiger charge is -2.01. The van der Waals surface area contributed by atoms with Crippen LogP contribution in [0.2, 0.25) is 0 Å². The fourth-order valence-electron chi connectivity index (χ4n) is 0.827. The van der Waals surface area contributed by atoms with E-state index in [1.165, 1.54) is 11.8 Å². The minimum Gasteiger partial charge on any atom is -0.481 e. The van der Waals surface area contributed by atoms with Crippen molar-refractivity contribution < 1.29 is 9.90 Å². The molecule has 0 heterocycles. The van der Waals surface area contributed by atoms with E-state index >= 15 is 0 Å². The highest BCUT2D eigenvalue weighted by atomic mass is 79.9. The first-order valence-corrected chi connectivity index (χ1v) is 5.45. The summed E-state index contributed by atoms with van der Waals surface area (Å²) in [4.78, 5) is 11.1. The van der Waals surface area contributed by atoms with Crippen molar-refractivity contribution in [3.05, 3.63) is 28.2 Å². The summed E-state index contributed by atoms with van der Waals surface area (Å²) in [7, 11) is 0. The number of thioether (sulfide) groups is 1. The van der Waals surface area contributed by atoms with Crippen LogP contribution >= 0.6 is 27.7 Å². The Kier molecular flexibility index (Phi) is 3.98. The van der Waals surface area contributed by atoms with E-state index < -0.39 is 5.97 Å². The van der Waals surface area contributed by atoms with Crippen LogP contribution in [-0.2, 0) is 4.79 Å². The van der Waals surface area contributed by atoms with Crippen molar-refractivity contribution in [3.63, 3.8) is 0 Å². The van der Waals surface area contributed by atoms with Gasteiger partial charge in [-0.2, -0.15) is 5.26 Å². The number of halogens is 1. The second-order valence-corrected chi connectivity index (χ2v) is 4.31. The number of carbonyl (C=O) groups is 1. The number of benzene rings is 1. The molecule has 0 bridgehead atoms. The maximum Gasteiger partial charge on any atom is 0.313 e. The first-order valence-electron chi connectivity index (χ1n) is 3.67. The topological polar surface area (TPSA) is 61.1 Å². The fourth-order valence-corrected chi connectivity index (χ4v) is 2.19. The second kappa shape index (κ2) is 5.03. The molecule has 0 saturated heterocycles. The molecule has 0 fully saturated rings. The van der Waals surface area contributed by atoms with E-state index in [0.29, 0.717) is 5.56 Å². The molecule has 5 heteroatoms. The molecule has 0 aromatic heterocycles. The van der Waals surface area contributed by atoms with Gasteiger partial charge in [-0.15, -0.1) is 11.8 Å². The molecule has 0 amide bonds. The van der Waals surface area contributed by atoms with Crippen LogP contribution < -0.4 is 0 Å². The Labute approximate surface area is 93.9 Å². The Balaban J connectivity index is 2.80. The second-order valence-electron chi connectivity index (χ2n) is 2.44. The average Bonchev–Trinajstić information content (AvgIpc) is 2.15. The Morgan fingerprint density at radius 1 is 1.64 bits per heavy atom. The highest BCUT2D eigenvalue weighted by Gasteiger charge is 2.04. The lowest BCUT2D eigenvalue weighted by molar-refractivity contribution is -0.133. The standard InChI is InChI=1S/C9H6BrNO2S/c10-7-3-6(4-11)1-2-8(7)14-5-9(12)13/h1-3H,5H2,(H,12,13). The SMILES string of the molecule is N#Cc1ccc(SCC(=O)O)c(Br)c1. The summed E-state index contributed by atoms with van der Waals surface area (Å²) in [6.45, 7) is 0. The van der Waals surface area contributed by atoms with E-state index in [9.17, 15) is 4.79 Å². The summed E-state index contributed by atoms with van der Waals surface area (Å²) >= 11 is 4.49. The summed E-state index contributed by atoms with van der Waals surface area (Å²) in [5.74, 6) is -0.837. The van der Waals surface area contributed by atoms with Gasteiger partial charge in [-0.25, -0.2) is 0 Å². The van der Waals surface area contributed by atoms with Crippen molar-refractivity contribution in [2.24, 2.45) is 0 Å². The van der Waals surface area contributed by atoms with Gasteiger partial charge >= 0.3 is 5.97 Å². The third kappa shape index (κ3) is 3.05. The zero-order valence-electron chi connectivity index (χ0n) is 7.03. The summed E-state index contributed by atoms with van der Waals surface area (Å²) < 4.78 is 0.753. The van der Waals surface area contributed by atoms with Crippen LogP contribution in [0.1, 0.15) is 5.56 Å². The number of carboxylic acids is 1. The predicted octanol–water partition coefficient (Wildman–Crippen LogP) is 2.50. The quantitative estimate of drug-likeness (QED) is 0.859. The van der Waals surface area contributed by atoms with Gasteiger partial charge in [0.1, 0.15) is 0 Å². The highest BCUT2D eigenvalue weighted by Crippen LogP contribution is 2.27. The lowest BCUT2D eigenvalue weighted by Crippen LogP contribution is -1.97. The van der Waals surface area contributed by atoms with Crippen LogP contribution in [0.5, 0.6) is 0 Å². The monoisotopic (exact) mass is 271 g/mol. The number of aliphatic carboxylic acids is 1. The Morgan fingerprint density at radius 3 is 2.86 bits per heavy atom. The molecule has 1 aromatic carbocycles. The van der Waals surface area contributed by atoms with Gasteiger partial charge in [0.15, 0.2) is 0 Å². The van der Waals surface area contributed by atoms with Gasteiger partial charge < -0.3 is 5.11 Å². The number of carboxylic acid groups (broad SMARTS) is 1. The molecule has 1 rings (SSSR count). The molecular weight excluding hydrogens is 266 g/mol. The van der Waals surface area contributed by atoms with Gasteiger partial charge in [-0.3, -0.25) is 4.79 Å². The molecule has 0 radical (unpaired) electrons. The molecule has 14 heavy (non-hydrogen) atoms. The van der Waals surface area contributed by atoms with E-state index in [1.807, 2.05) is 6.07 Å². The summed E-state index contributed by atoms with van der Waals surface area (Å²) in [6.07, 6.45) is 0. The third-order valence-electron chi connectivity index (χ3n) is 1.41. The zero-order valence-corrected chi connectivity index (χ0v) is 9.43. The van der Waals surface area contributed by atoms with Crippen LogP contribution in [0.3, 0.4) is 0 Å². The van der Waals surface area contributed by atoms with Gasteiger partial charge in [-0.1, -0.05) is 0 Å². The molecule has 0 unspecified atom stereocenters. The fraction of sp³-hybridized carbons (Fsp3) is 0.111. The van der Waals surface area contributed by atoms with Gasteiger partial charge in [0, 0.05) is 9.37 Å². The number of hydrogen-bond donors (Lipinski definition) is 1. The minimum absolute atomic E-state index is 0.0184. The van der Waals surface area contributed by atoms with Crippen molar-refractivity contribution in [2.75, 3.05) is 5.75 Å². The van der Waals surface area contributed by atoms with Gasteiger partial charge in [0.2, 0.25) is 0 Å². The molecule has 3 nitrogen and oxygen atoms in total. The van der Waals surface area contributed by atoms with E-state index in [2.05, 4.69) is 15.9 Å². The van der Waals surface area contributed by atoms with Crippen molar-refractivity contribution in [2.45, 2.75) is 4.90 Å². The zero-order chi connectivity index (χ0) is 10.6. The van der Waals surface area contributed by atoms with Crippen LogP contribution in [0.25, 0.3) is 0 Å². The van der Waals surface area contributed by atoms with Gasteiger partial charge in [0.25, 0.3) is 0 Å². The molecule has 0 aliphatic rings. The first-order chi connectivity index (χ1) is 6.63. The summed E-state index contributed by atoms with van der Waals surface area (Å²) in [5, 5.41) is 17.1. The minimum atomic E-state index is -0.855. The normalized spacial score (nSPS) is 9.43. The van der Waals surface area contributed by atoms with Crippen molar-refractivity contribution >= 4 is 33.7 Å². The predicted molar refractivity (Wildman–Crippen MR) is 57.2 cm³/mol. The Hall–Kier alpha value is -0.990. The van der Waals surface area contributed by atoms with E-state index in [0.717, 1.165) is 9.37 Å². The molecule has 0 aliphatic carbocycles.